The maximum Gasteiger partial charge on any atom is 0.364 e. The smallest absolute Gasteiger partial charge is 0.364 e. The number of carboxylic acid groups (broad SMARTS) is 1. The lowest BCUT2D eigenvalue weighted by atomic mass is 10.2. The van der Waals surface area contributed by atoms with Gasteiger partial charge in [-0.1, -0.05) is 6.07 Å². The molecule has 0 spiro atoms. The van der Waals surface area contributed by atoms with Crippen LogP contribution in [0.5, 0.6) is 5.75 Å². The first-order chi connectivity index (χ1) is 8.60. The fraction of sp³-hybridized carbons (Fsp3) is 0.0833. The Balaban J connectivity index is 2.35. The first-order valence-electron chi connectivity index (χ1n) is 5.00. The van der Waals surface area contributed by atoms with Crippen molar-refractivity contribution in [3.05, 3.63) is 41.6 Å². The molecule has 6 heteroatoms. The quantitative estimate of drug-likeness (QED) is 0.635. The Bertz CT molecular complexity index is 574. The molecule has 1 aromatic carbocycles. The highest BCUT2D eigenvalue weighted by Gasteiger charge is 2.25. The number of carboxylic acids is 1. The Hall–Kier alpha value is -2.63. The fourth-order valence-electron chi connectivity index (χ4n) is 1.41. The Kier molecular flexibility index (Phi) is 3.09. The van der Waals surface area contributed by atoms with Crippen molar-refractivity contribution in [3.8, 4) is 5.75 Å². The summed E-state index contributed by atoms with van der Waals surface area (Å²) in [6.45, 7) is 0. The van der Waals surface area contributed by atoms with E-state index in [9.17, 15) is 9.59 Å². The summed E-state index contributed by atoms with van der Waals surface area (Å²) in [6, 6.07) is 6.76. The van der Waals surface area contributed by atoms with Gasteiger partial charge in [0.2, 0.25) is 5.90 Å². The number of carbonyl (C=O) groups is 2. The van der Waals surface area contributed by atoms with Crippen molar-refractivity contribution in [2.75, 3.05) is 7.11 Å². The van der Waals surface area contributed by atoms with E-state index in [-0.39, 0.29) is 11.6 Å². The van der Waals surface area contributed by atoms with E-state index in [1.54, 1.807) is 24.3 Å². The highest BCUT2D eigenvalue weighted by molar-refractivity contribution is 6.12. The Labute approximate surface area is 102 Å². The van der Waals surface area contributed by atoms with Gasteiger partial charge in [0, 0.05) is 5.56 Å². The van der Waals surface area contributed by atoms with Gasteiger partial charge in [0.25, 0.3) is 0 Å². The minimum Gasteiger partial charge on any atom is -0.497 e. The molecule has 2 rings (SSSR count). The molecule has 0 amide bonds. The minimum absolute atomic E-state index is 0.0615. The summed E-state index contributed by atoms with van der Waals surface area (Å²) in [5.74, 6) is -1.39. The van der Waals surface area contributed by atoms with Crippen LogP contribution >= 0.6 is 0 Å². The zero-order valence-corrected chi connectivity index (χ0v) is 9.41. The summed E-state index contributed by atoms with van der Waals surface area (Å²) >= 11 is 0. The number of cyclic esters (lactones) is 1. The molecule has 0 aliphatic carbocycles. The SMILES string of the molecule is COc1cccc(C2=N/C(=C/C(=O)O)C(=O)O2)c1. The molecule has 0 atom stereocenters. The largest absolute Gasteiger partial charge is 0.497 e. The second kappa shape index (κ2) is 4.70. The normalized spacial score (nSPS) is 16.4. The molecule has 18 heavy (non-hydrogen) atoms. The zero-order chi connectivity index (χ0) is 13.1. The van der Waals surface area contributed by atoms with Crippen LogP contribution in [0.25, 0.3) is 0 Å². The van der Waals surface area contributed by atoms with Crippen molar-refractivity contribution < 1.29 is 24.2 Å². The molecule has 0 radical (unpaired) electrons. The summed E-state index contributed by atoms with van der Waals surface area (Å²) in [6.07, 6.45) is 0.704. The van der Waals surface area contributed by atoms with E-state index in [4.69, 9.17) is 14.6 Å². The van der Waals surface area contributed by atoms with Crippen LogP contribution in [0.2, 0.25) is 0 Å². The lowest BCUT2D eigenvalue weighted by Crippen LogP contribution is -2.06. The average Bonchev–Trinajstić information content (AvgIpc) is 2.70. The second-order valence-electron chi connectivity index (χ2n) is 3.41. The van der Waals surface area contributed by atoms with Gasteiger partial charge in [-0.3, -0.25) is 0 Å². The third kappa shape index (κ3) is 2.37. The predicted octanol–water partition coefficient (Wildman–Crippen LogP) is 0.967. The number of hydrogen-bond acceptors (Lipinski definition) is 5. The van der Waals surface area contributed by atoms with Crippen LogP contribution in [-0.4, -0.2) is 30.1 Å². The fourth-order valence-corrected chi connectivity index (χ4v) is 1.41. The van der Waals surface area contributed by atoms with Crippen molar-refractivity contribution in [1.29, 1.82) is 0 Å². The number of esters is 1. The van der Waals surface area contributed by atoms with E-state index >= 15 is 0 Å². The lowest BCUT2D eigenvalue weighted by Gasteiger charge is -2.02. The number of ether oxygens (including phenoxy) is 2. The lowest BCUT2D eigenvalue weighted by molar-refractivity contribution is -0.133. The van der Waals surface area contributed by atoms with E-state index < -0.39 is 11.9 Å². The van der Waals surface area contributed by atoms with Crippen molar-refractivity contribution in [2.45, 2.75) is 0 Å². The summed E-state index contributed by atoms with van der Waals surface area (Å²) in [5.41, 5.74) is 0.303. The van der Waals surface area contributed by atoms with Crippen LogP contribution in [0.1, 0.15) is 5.56 Å². The predicted molar refractivity (Wildman–Crippen MR) is 61.3 cm³/mol. The van der Waals surface area contributed by atoms with Crippen LogP contribution in [0.3, 0.4) is 0 Å². The maximum absolute atomic E-state index is 11.3. The topological polar surface area (TPSA) is 85.2 Å². The summed E-state index contributed by atoms with van der Waals surface area (Å²) in [7, 11) is 1.51. The molecule has 1 N–H and O–H groups in total. The van der Waals surface area contributed by atoms with Gasteiger partial charge < -0.3 is 14.6 Å². The van der Waals surface area contributed by atoms with Crippen molar-refractivity contribution in [3.63, 3.8) is 0 Å². The van der Waals surface area contributed by atoms with Gasteiger partial charge in [-0.15, -0.1) is 0 Å². The van der Waals surface area contributed by atoms with Gasteiger partial charge in [-0.2, -0.15) is 0 Å². The minimum atomic E-state index is -1.25. The van der Waals surface area contributed by atoms with E-state index in [0.717, 1.165) is 0 Å². The number of methoxy groups -OCH3 is 1. The summed E-state index contributed by atoms with van der Waals surface area (Å²) in [4.78, 5) is 25.6. The molecule has 6 nitrogen and oxygen atoms in total. The second-order valence-corrected chi connectivity index (χ2v) is 3.41. The molecular weight excluding hydrogens is 238 g/mol. The highest BCUT2D eigenvalue weighted by atomic mass is 16.6. The van der Waals surface area contributed by atoms with E-state index in [2.05, 4.69) is 4.99 Å². The van der Waals surface area contributed by atoms with Crippen LogP contribution in [0, 0.1) is 0 Å². The summed E-state index contributed by atoms with van der Waals surface area (Å²) in [5, 5.41) is 8.56. The molecule has 0 saturated heterocycles. The number of aliphatic carboxylic acids is 1. The Morgan fingerprint density at radius 2 is 2.28 bits per heavy atom. The van der Waals surface area contributed by atoms with Crippen molar-refractivity contribution in [2.24, 2.45) is 4.99 Å². The number of benzene rings is 1. The third-order valence-electron chi connectivity index (χ3n) is 2.20. The molecule has 1 heterocycles. The molecular formula is C12H9NO5. The standard InChI is InChI=1S/C12H9NO5/c1-17-8-4-2-3-7(5-8)11-13-9(6-10(14)15)12(16)18-11/h2-6H,1H3,(H,14,15)/b9-6+. The van der Waals surface area contributed by atoms with Crippen LogP contribution in [0.4, 0.5) is 0 Å². The first kappa shape index (κ1) is 11.8. The van der Waals surface area contributed by atoms with Gasteiger partial charge in [-0.05, 0) is 18.2 Å². The Morgan fingerprint density at radius 3 is 2.94 bits per heavy atom. The van der Waals surface area contributed by atoms with Gasteiger partial charge in [0.1, 0.15) is 5.75 Å². The van der Waals surface area contributed by atoms with Crippen molar-refractivity contribution in [1.82, 2.24) is 0 Å². The first-order valence-corrected chi connectivity index (χ1v) is 5.00. The van der Waals surface area contributed by atoms with Crippen LogP contribution < -0.4 is 4.74 Å². The number of rotatable bonds is 3. The molecule has 1 aliphatic heterocycles. The van der Waals surface area contributed by atoms with Crippen molar-refractivity contribution >= 4 is 17.8 Å². The average molecular weight is 247 g/mol. The molecule has 92 valence electrons. The number of hydrogen-bond donors (Lipinski definition) is 1. The van der Waals surface area contributed by atoms with E-state index in [1.807, 2.05) is 0 Å². The maximum atomic E-state index is 11.3. The Morgan fingerprint density at radius 1 is 1.50 bits per heavy atom. The van der Waals surface area contributed by atoms with E-state index in [0.29, 0.717) is 17.4 Å². The highest BCUT2D eigenvalue weighted by Crippen LogP contribution is 2.19. The monoisotopic (exact) mass is 247 g/mol. The number of aliphatic imine (C=N–C) groups is 1. The zero-order valence-electron chi connectivity index (χ0n) is 9.41. The summed E-state index contributed by atoms with van der Waals surface area (Å²) < 4.78 is 9.91. The molecule has 0 bridgehead atoms. The molecule has 1 aromatic rings. The molecule has 0 aromatic heterocycles. The van der Waals surface area contributed by atoms with E-state index in [1.165, 1.54) is 7.11 Å². The van der Waals surface area contributed by atoms with Gasteiger partial charge in [0.05, 0.1) is 13.2 Å². The molecule has 1 aliphatic rings. The van der Waals surface area contributed by atoms with Crippen LogP contribution in [0.15, 0.2) is 41.0 Å². The van der Waals surface area contributed by atoms with Gasteiger partial charge in [-0.25, -0.2) is 14.6 Å². The van der Waals surface area contributed by atoms with Crippen LogP contribution in [-0.2, 0) is 14.3 Å². The number of nitrogens with zero attached hydrogens (tertiary/aromatic N) is 1. The third-order valence-corrected chi connectivity index (χ3v) is 2.20. The van der Waals surface area contributed by atoms with Gasteiger partial charge >= 0.3 is 11.9 Å². The molecule has 0 fully saturated rings. The number of carbonyl (C=O) groups excluding carboxylic acids is 1. The molecule has 0 unspecified atom stereocenters. The molecule has 0 saturated carbocycles. The van der Waals surface area contributed by atoms with Gasteiger partial charge in [0.15, 0.2) is 5.70 Å².